The number of fused-ring (bicyclic) bond motifs is 1. The molecule has 1 unspecified atom stereocenters. The first-order chi connectivity index (χ1) is 8.23. The number of anilines is 1. The van der Waals surface area contributed by atoms with E-state index in [1.165, 1.54) is 24.1 Å². The normalized spacial score (nSPS) is 28.7. The highest BCUT2D eigenvalue weighted by Crippen LogP contribution is 2.42. The second-order valence-corrected chi connectivity index (χ2v) is 5.69. The Balaban J connectivity index is 1.94. The molecule has 0 bridgehead atoms. The number of hydrogen-bond donors (Lipinski definition) is 1. The van der Waals surface area contributed by atoms with Gasteiger partial charge in [-0.2, -0.15) is 0 Å². The summed E-state index contributed by atoms with van der Waals surface area (Å²) in [4.78, 5) is 2.54. The fourth-order valence-corrected chi connectivity index (χ4v) is 3.08. The first kappa shape index (κ1) is 11.1. The quantitative estimate of drug-likeness (QED) is 0.840. The van der Waals surface area contributed by atoms with Gasteiger partial charge >= 0.3 is 0 Å². The summed E-state index contributed by atoms with van der Waals surface area (Å²) in [5, 5.41) is 3.80. The zero-order valence-corrected chi connectivity index (χ0v) is 10.9. The van der Waals surface area contributed by atoms with Gasteiger partial charge in [-0.15, -0.1) is 0 Å². The van der Waals surface area contributed by atoms with Crippen molar-refractivity contribution < 1.29 is 0 Å². The van der Waals surface area contributed by atoms with E-state index in [2.05, 4.69) is 48.3 Å². The highest BCUT2D eigenvalue weighted by molar-refractivity contribution is 5.55. The lowest BCUT2D eigenvalue weighted by molar-refractivity contribution is 0.317. The van der Waals surface area contributed by atoms with Crippen molar-refractivity contribution in [1.29, 1.82) is 0 Å². The fourth-order valence-electron chi connectivity index (χ4n) is 3.08. The average molecular weight is 230 g/mol. The smallest absolute Gasteiger partial charge is 0.0412 e. The van der Waals surface area contributed by atoms with Gasteiger partial charge in [0.05, 0.1) is 0 Å². The van der Waals surface area contributed by atoms with Gasteiger partial charge in [-0.25, -0.2) is 0 Å². The van der Waals surface area contributed by atoms with E-state index in [0.29, 0.717) is 5.54 Å². The number of hydrogen-bond acceptors (Lipinski definition) is 2. The zero-order valence-electron chi connectivity index (χ0n) is 10.9. The van der Waals surface area contributed by atoms with Crippen LogP contribution in [-0.4, -0.2) is 18.6 Å². The summed E-state index contributed by atoms with van der Waals surface area (Å²) in [5.41, 5.74) is 3.17. The first-order valence-electron chi connectivity index (χ1n) is 6.81. The van der Waals surface area contributed by atoms with Crippen LogP contribution < -0.4 is 10.2 Å². The van der Waals surface area contributed by atoms with E-state index in [0.717, 1.165) is 25.6 Å². The molecule has 1 N–H and O–H groups in total. The van der Waals surface area contributed by atoms with Gasteiger partial charge in [-0.3, -0.25) is 0 Å². The Kier molecular flexibility index (Phi) is 2.62. The minimum absolute atomic E-state index is 0.301. The van der Waals surface area contributed by atoms with Crippen molar-refractivity contribution in [3.63, 3.8) is 0 Å². The molecule has 17 heavy (non-hydrogen) atoms. The van der Waals surface area contributed by atoms with Crippen LogP contribution in [0.25, 0.3) is 0 Å². The third-order valence-electron chi connectivity index (χ3n) is 4.39. The molecular formula is C15H22N2. The molecule has 0 spiro atoms. The number of benzene rings is 1. The minimum Gasteiger partial charge on any atom is -0.370 e. The van der Waals surface area contributed by atoms with Gasteiger partial charge < -0.3 is 10.2 Å². The highest BCUT2D eigenvalue weighted by Gasteiger charge is 2.43. The van der Waals surface area contributed by atoms with E-state index in [4.69, 9.17) is 0 Å². The van der Waals surface area contributed by atoms with Gasteiger partial charge in [0.25, 0.3) is 0 Å². The highest BCUT2D eigenvalue weighted by atomic mass is 15.2. The molecule has 0 amide bonds. The Hall–Kier alpha value is -1.02. The molecule has 2 nitrogen and oxygen atoms in total. The molecule has 0 radical (unpaired) electrons. The van der Waals surface area contributed by atoms with E-state index in [-0.39, 0.29) is 0 Å². The summed E-state index contributed by atoms with van der Waals surface area (Å²) in [6, 6.07) is 8.82. The molecule has 1 atom stereocenters. The Morgan fingerprint density at radius 2 is 2.12 bits per heavy atom. The fraction of sp³-hybridized carbons (Fsp3) is 0.600. The predicted molar refractivity (Wildman–Crippen MR) is 72.3 cm³/mol. The molecular weight excluding hydrogens is 208 g/mol. The van der Waals surface area contributed by atoms with E-state index < -0.39 is 0 Å². The maximum absolute atomic E-state index is 3.80. The Morgan fingerprint density at radius 1 is 1.35 bits per heavy atom. The Bertz CT molecular complexity index is 411. The Labute approximate surface area is 104 Å². The van der Waals surface area contributed by atoms with Crippen LogP contribution in [0.5, 0.6) is 0 Å². The third kappa shape index (κ3) is 1.95. The second-order valence-electron chi connectivity index (χ2n) is 5.69. The molecule has 92 valence electrons. The van der Waals surface area contributed by atoms with Crippen molar-refractivity contribution in [2.75, 3.05) is 18.0 Å². The molecule has 1 aromatic rings. The summed E-state index contributed by atoms with van der Waals surface area (Å²) in [6.07, 6.45) is 2.80. The molecule has 1 saturated carbocycles. The molecule has 1 aliphatic carbocycles. The Morgan fingerprint density at radius 3 is 2.82 bits per heavy atom. The summed E-state index contributed by atoms with van der Waals surface area (Å²) >= 11 is 0. The zero-order chi connectivity index (χ0) is 11.9. The molecule has 0 saturated heterocycles. The van der Waals surface area contributed by atoms with Gasteiger partial charge in [0.15, 0.2) is 0 Å². The standard InChI is InChI=1S/C15H22N2/c1-3-17-11-15(2,13-8-9-13)16-10-12-6-4-5-7-14(12)17/h4-7,13,16H,3,8-11H2,1-2H3. The maximum atomic E-state index is 3.80. The number of nitrogens with one attached hydrogen (secondary N) is 1. The molecule has 0 aromatic heterocycles. The third-order valence-corrected chi connectivity index (χ3v) is 4.39. The van der Waals surface area contributed by atoms with Crippen LogP contribution in [0, 0.1) is 5.92 Å². The van der Waals surface area contributed by atoms with E-state index >= 15 is 0 Å². The SMILES string of the molecule is CCN1CC(C)(C2CC2)NCc2ccccc21. The topological polar surface area (TPSA) is 15.3 Å². The number of nitrogens with zero attached hydrogens (tertiary/aromatic N) is 1. The lowest BCUT2D eigenvalue weighted by Crippen LogP contribution is -2.51. The molecule has 2 heteroatoms. The maximum Gasteiger partial charge on any atom is 0.0412 e. The van der Waals surface area contributed by atoms with E-state index in [1.54, 1.807) is 0 Å². The molecule has 1 aliphatic heterocycles. The van der Waals surface area contributed by atoms with Gasteiger partial charge in [0.2, 0.25) is 0 Å². The van der Waals surface area contributed by atoms with Crippen molar-refractivity contribution in [2.45, 2.75) is 38.8 Å². The summed E-state index contributed by atoms with van der Waals surface area (Å²) < 4.78 is 0. The first-order valence-corrected chi connectivity index (χ1v) is 6.81. The summed E-state index contributed by atoms with van der Waals surface area (Å²) in [5.74, 6) is 0.880. The van der Waals surface area contributed by atoms with Crippen LogP contribution in [0.4, 0.5) is 5.69 Å². The molecule has 3 rings (SSSR count). The van der Waals surface area contributed by atoms with Crippen LogP contribution in [0.2, 0.25) is 0 Å². The number of para-hydroxylation sites is 1. The minimum atomic E-state index is 0.301. The average Bonchev–Trinajstić information content (AvgIpc) is 3.17. The molecule has 2 aliphatic rings. The lowest BCUT2D eigenvalue weighted by atomic mass is 9.95. The van der Waals surface area contributed by atoms with Crippen LogP contribution >= 0.6 is 0 Å². The van der Waals surface area contributed by atoms with Gasteiger partial charge in [0.1, 0.15) is 0 Å². The predicted octanol–water partition coefficient (Wildman–Crippen LogP) is 2.78. The van der Waals surface area contributed by atoms with Crippen molar-refractivity contribution in [2.24, 2.45) is 5.92 Å². The summed E-state index contributed by atoms with van der Waals surface area (Å²) in [6.45, 7) is 7.92. The monoisotopic (exact) mass is 230 g/mol. The number of likely N-dealkylation sites (N-methyl/N-ethyl adjacent to an activating group) is 1. The van der Waals surface area contributed by atoms with Crippen LogP contribution in [0.15, 0.2) is 24.3 Å². The summed E-state index contributed by atoms with van der Waals surface area (Å²) in [7, 11) is 0. The van der Waals surface area contributed by atoms with E-state index in [1.807, 2.05) is 0 Å². The van der Waals surface area contributed by atoms with E-state index in [9.17, 15) is 0 Å². The van der Waals surface area contributed by atoms with Gasteiger partial charge in [-0.1, -0.05) is 18.2 Å². The van der Waals surface area contributed by atoms with Gasteiger partial charge in [0, 0.05) is 30.9 Å². The van der Waals surface area contributed by atoms with Crippen molar-refractivity contribution in [3.8, 4) is 0 Å². The largest absolute Gasteiger partial charge is 0.370 e. The van der Waals surface area contributed by atoms with Crippen molar-refractivity contribution in [1.82, 2.24) is 5.32 Å². The molecule has 1 heterocycles. The van der Waals surface area contributed by atoms with Crippen LogP contribution in [-0.2, 0) is 6.54 Å². The molecule has 1 fully saturated rings. The van der Waals surface area contributed by atoms with Crippen molar-refractivity contribution in [3.05, 3.63) is 29.8 Å². The lowest BCUT2D eigenvalue weighted by Gasteiger charge is -2.34. The van der Waals surface area contributed by atoms with Crippen LogP contribution in [0.3, 0.4) is 0 Å². The van der Waals surface area contributed by atoms with Crippen molar-refractivity contribution >= 4 is 5.69 Å². The second kappa shape index (κ2) is 4.02. The van der Waals surface area contributed by atoms with Crippen LogP contribution in [0.1, 0.15) is 32.3 Å². The number of rotatable bonds is 2. The van der Waals surface area contributed by atoms with Gasteiger partial charge in [-0.05, 0) is 44.2 Å². The molecule has 1 aromatic carbocycles.